The lowest BCUT2D eigenvalue weighted by molar-refractivity contribution is -0.119. The number of hydrogen-bond acceptors (Lipinski definition) is 5. The molecule has 2 aromatic rings. The first-order valence-corrected chi connectivity index (χ1v) is 9.05. The molecule has 27 heavy (non-hydrogen) atoms. The molecule has 1 aromatic carbocycles. The summed E-state index contributed by atoms with van der Waals surface area (Å²) in [5.74, 6) is 0.344. The molecule has 1 N–H and O–H groups in total. The topological polar surface area (TPSA) is 78.4 Å². The summed E-state index contributed by atoms with van der Waals surface area (Å²) in [4.78, 5) is 35.3. The Balaban J connectivity index is 1.70. The Bertz CT molecular complexity index is 806. The minimum absolute atomic E-state index is 0.0108. The predicted molar refractivity (Wildman–Crippen MR) is 104 cm³/mol. The molecule has 0 spiro atoms. The van der Waals surface area contributed by atoms with Gasteiger partial charge in [0.05, 0.1) is 5.56 Å². The van der Waals surface area contributed by atoms with E-state index in [9.17, 15) is 9.59 Å². The number of aromatic nitrogens is 2. The maximum absolute atomic E-state index is 12.6. The Labute approximate surface area is 159 Å². The molecule has 7 nitrogen and oxygen atoms in total. The van der Waals surface area contributed by atoms with Gasteiger partial charge in [-0.2, -0.15) is 0 Å². The van der Waals surface area contributed by atoms with Crippen molar-refractivity contribution in [2.75, 3.05) is 31.5 Å². The number of nitrogens with one attached hydrogen (secondary N) is 1. The lowest BCUT2D eigenvalue weighted by atomic mass is 9.86. The van der Waals surface area contributed by atoms with Gasteiger partial charge < -0.3 is 15.1 Å². The van der Waals surface area contributed by atoms with Crippen molar-refractivity contribution in [2.24, 2.45) is 0 Å². The van der Waals surface area contributed by atoms with Gasteiger partial charge in [-0.1, -0.05) is 39.0 Å². The Morgan fingerprint density at radius 2 is 1.70 bits per heavy atom. The molecular weight excluding hydrogens is 342 g/mol. The van der Waals surface area contributed by atoms with E-state index in [2.05, 4.69) is 42.1 Å². The normalized spacial score (nSPS) is 14.8. The molecule has 0 bridgehead atoms. The highest BCUT2D eigenvalue weighted by atomic mass is 16.2. The fourth-order valence-electron chi connectivity index (χ4n) is 3.08. The number of carbonyl (C=O) groups excluding carboxylic acids is 2. The van der Waals surface area contributed by atoms with E-state index in [-0.39, 0.29) is 11.3 Å². The molecule has 3 rings (SSSR count). The van der Waals surface area contributed by atoms with E-state index < -0.39 is 0 Å². The number of carbonyl (C=O) groups is 2. The van der Waals surface area contributed by atoms with Gasteiger partial charge in [0, 0.05) is 44.3 Å². The van der Waals surface area contributed by atoms with Gasteiger partial charge in [-0.3, -0.25) is 9.59 Å². The molecule has 1 saturated heterocycles. The second-order valence-electron chi connectivity index (χ2n) is 7.65. The van der Waals surface area contributed by atoms with Crippen molar-refractivity contribution in [3.8, 4) is 0 Å². The number of nitrogens with zero attached hydrogens (tertiary/aromatic N) is 4. The zero-order chi connectivity index (χ0) is 19.4. The number of piperazine rings is 1. The quantitative estimate of drug-likeness (QED) is 0.840. The van der Waals surface area contributed by atoms with Crippen molar-refractivity contribution in [1.29, 1.82) is 0 Å². The third-order valence-electron chi connectivity index (χ3n) is 4.63. The van der Waals surface area contributed by atoms with Crippen LogP contribution in [0, 0.1) is 0 Å². The van der Waals surface area contributed by atoms with Gasteiger partial charge in [0.15, 0.2) is 0 Å². The van der Waals surface area contributed by atoms with Gasteiger partial charge in [0.2, 0.25) is 12.4 Å². The highest BCUT2D eigenvalue weighted by Crippen LogP contribution is 2.30. The van der Waals surface area contributed by atoms with Crippen LogP contribution in [-0.2, 0) is 10.2 Å². The third-order valence-corrected chi connectivity index (χ3v) is 4.63. The molecule has 0 saturated carbocycles. The van der Waals surface area contributed by atoms with Crippen molar-refractivity contribution in [3.63, 3.8) is 0 Å². The SMILES string of the molecule is CC(C)(C)c1ccccc1Nc1ncc(C(=O)N2CCN(C=O)CC2)cn1. The minimum atomic E-state index is -0.109. The van der Waals surface area contributed by atoms with E-state index in [4.69, 9.17) is 0 Å². The summed E-state index contributed by atoms with van der Waals surface area (Å²) in [6.07, 6.45) is 3.91. The van der Waals surface area contributed by atoms with E-state index >= 15 is 0 Å². The maximum atomic E-state index is 12.6. The number of benzene rings is 1. The third kappa shape index (κ3) is 4.42. The van der Waals surface area contributed by atoms with Crippen LogP contribution >= 0.6 is 0 Å². The van der Waals surface area contributed by atoms with E-state index in [0.717, 1.165) is 12.1 Å². The van der Waals surface area contributed by atoms with Gasteiger partial charge >= 0.3 is 0 Å². The number of amides is 2. The van der Waals surface area contributed by atoms with Crippen LogP contribution in [0.4, 0.5) is 11.6 Å². The lowest BCUT2D eigenvalue weighted by Crippen LogP contribution is -2.48. The van der Waals surface area contributed by atoms with Crippen LogP contribution in [0.3, 0.4) is 0 Å². The van der Waals surface area contributed by atoms with Gasteiger partial charge in [-0.05, 0) is 17.0 Å². The average Bonchev–Trinajstić information content (AvgIpc) is 2.68. The Morgan fingerprint density at radius 3 is 2.30 bits per heavy atom. The summed E-state index contributed by atoms with van der Waals surface area (Å²) in [6, 6.07) is 8.06. The number of hydrogen-bond donors (Lipinski definition) is 1. The molecule has 7 heteroatoms. The minimum Gasteiger partial charge on any atom is -0.342 e. The zero-order valence-electron chi connectivity index (χ0n) is 16.0. The summed E-state index contributed by atoms with van der Waals surface area (Å²) in [6.45, 7) is 8.62. The Kier molecular flexibility index (Phi) is 5.39. The summed E-state index contributed by atoms with van der Waals surface area (Å²) < 4.78 is 0. The second kappa shape index (κ2) is 7.73. The van der Waals surface area contributed by atoms with Crippen LogP contribution in [0.1, 0.15) is 36.7 Å². The first kappa shape index (κ1) is 18.8. The van der Waals surface area contributed by atoms with Crippen LogP contribution in [0.25, 0.3) is 0 Å². The van der Waals surface area contributed by atoms with Crippen LogP contribution in [0.15, 0.2) is 36.7 Å². The highest BCUT2D eigenvalue weighted by molar-refractivity contribution is 5.93. The number of anilines is 2. The molecule has 0 unspecified atom stereocenters. The van der Waals surface area contributed by atoms with E-state index in [1.165, 1.54) is 5.56 Å². The number of rotatable bonds is 4. The van der Waals surface area contributed by atoms with E-state index in [1.807, 2.05) is 18.2 Å². The van der Waals surface area contributed by atoms with Gasteiger partial charge in [-0.15, -0.1) is 0 Å². The van der Waals surface area contributed by atoms with Crippen LogP contribution in [0.5, 0.6) is 0 Å². The van der Waals surface area contributed by atoms with Crippen LogP contribution in [-0.4, -0.2) is 58.3 Å². The lowest BCUT2D eigenvalue weighted by Gasteiger charge is -2.32. The summed E-state index contributed by atoms with van der Waals surface area (Å²) in [7, 11) is 0. The van der Waals surface area contributed by atoms with Gasteiger partial charge in [0.25, 0.3) is 5.91 Å². The molecule has 0 atom stereocenters. The molecule has 1 aliphatic heterocycles. The van der Waals surface area contributed by atoms with Crippen LogP contribution < -0.4 is 5.32 Å². The second-order valence-corrected chi connectivity index (χ2v) is 7.65. The van der Waals surface area contributed by atoms with E-state index in [0.29, 0.717) is 37.7 Å². The molecule has 1 aromatic heterocycles. The summed E-state index contributed by atoms with van der Waals surface area (Å²) in [5.41, 5.74) is 2.56. The standard InChI is InChI=1S/C20H25N5O2/c1-20(2,3)16-6-4-5-7-17(16)23-19-21-12-15(13-22-19)18(27)25-10-8-24(14-26)9-11-25/h4-7,12-14H,8-11H2,1-3H3,(H,21,22,23). The maximum Gasteiger partial charge on any atom is 0.257 e. The van der Waals surface area contributed by atoms with Crippen LogP contribution in [0.2, 0.25) is 0 Å². The molecule has 2 heterocycles. The molecule has 2 amide bonds. The fraction of sp³-hybridized carbons (Fsp3) is 0.400. The van der Waals surface area contributed by atoms with Crippen molar-refractivity contribution >= 4 is 24.0 Å². The van der Waals surface area contributed by atoms with Gasteiger partial charge in [0.1, 0.15) is 0 Å². The van der Waals surface area contributed by atoms with Gasteiger partial charge in [-0.25, -0.2) is 9.97 Å². The predicted octanol–water partition coefficient (Wildman–Crippen LogP) is 2.43. The first-order valence-electron chi connectivity index (χ1n) is 9.05. The molecule has 1 fully saturated rings. The monoisotopic (exact) mass is 367 g/mol. The Hall–Kier alpha value is -2.96. The molecule has 0 aliphatic carbocycles. The summed E-state index contributed by atoms with van der Waals surface area (Å²) >= 11 is 0. The Morgan fingerprint density at radius 1 is 1.07 bits per heavy atom. The summed E-state index contributed by atoms with van der Waals surface area (Å²) in [5, 5.41) is 3.25. The smallest absolute Gasteiger partial charge is 0.257 e. The van der Waals surface area contributed by atoms with E-state index in [1.54, 1.807) is 22.2 Å². The molecule has 142 valence electrons. The fourth-order valence-corrected chi connectivity index (χ4v) is 3.08. The number of para-hydroxylation sites is 1. The molecular formula is C20H25N5O2. The molecule has 0 radical (unpaired) electrons. The highest BCUT2D eigenvalue weighted by Gasteiger charge is 2.22. The molecule has 1 aliphatic rings. The average molecular weight is 367 g/mol. The largest absolute Gasteiger partial charge is 0.342 e. The van der Waals surface area contributed by atoms with Crippen molar-refractivity contribution < 1.29 is 9.59 Å². The van der Waals surface area contributed by atoms with Crippen molar-refractivity contribution in [1.82, 2.24) is 19.8 Å². The zero-order valence-corrected chi connectivity index (χ0v) is 16.0. The van der Waals surface area contributed by atoms with Crippen molar-refractivity contribution in [2.45, 2.75) is 26.2 Å². The first-order chi connectivity index (χ1) is 12.9. The van der Waals surface area contributed by atoms with Crippen molar-refractivity contribution in [3.05, 3.63) is 47.8 Å².